The highest BCUT2D eigenvalue weighted by atomic mass is 16.4. The second kappa shape index (κ2) is 5.21. The molecule has 0 fully saturated rings. The van der Waals surface area contributed by atoms with E-state index in [2.05, 4.69) is 20.2 Å². The Morgan fingerprint density at radius 3 is 2.55 bits per heavy atom. The van der Waals surface area contributed by atoms with E-state index in [0.29, 0.717) is 17.5 Å². The highest BCUT2D eigenvalue weighted by Crippen LogP contribution is 2.24. The van der Waals surface area contributed by atoms with Crippen LogP contribution >= 0.6 is 0 Å². The van der Waals surface area contributed by atoms with E-state index in [4.69, 9.17) is 4.42 Å². The van der Waals surface area contributed by atoms with E-state index in [1.165, 1.54) is 0 Å². The van der Waals surface area contributed by atoms with Crippen molar-refractivity contribution in [3.8, 4) is 23.0 Å². The summed E-state index contributed by atoms with van der Waals surface area (Å²) in [6.07, 6.45) is 2.52. The van der Waals surface area contributed by atoms with E-state index in [0.717, 1.165) is 23.4 Å². The van der Waals surface area contributed by atoms with E-state index in [-0.39, 0.29) is 0 Å². The van der Waals surface area contributed by atoms with Crippen molar-refractivity contribution in [1.82, 2.24) is 20.2 Å². The molecule has 5 heteroatoms. The molecule has 5 nitrogen and oxygen atoms in total. The summed E-state index contributed by atoms with van der Waals surface area (Å²) in [6.45, 7) is 3.92. The molecule has 0 atom stereocenters. The quantitative estimate of drug-likeness (QED) is 0.729. The first-order valence-electron chi connectivity index (χ1n) is 6.49. The van der Waals surface area contributed by atoms with E-state index < -0.39 is 0 Å². The number of hydrogen-bond donors (Lipinski definition) is 0. The van der Waals surface area contributed by atoms with Crippen LogP contribution in [-0.4, -0.2) is 20.2 Å². The number of aromatic nitrogens is 4. The topological polar surface area (TPSA) is 64.7 Å². The van der Waals surface area contributed by atoms with Crippen LogP contribution in [0.4, 0.5) is 0 Å². The van der Waals surface area contributed by atoms with Gasteiger partial charge in [0.05, 0.1) is 11.4 Å². The maximum Gasteiger partial charge on any atom is 0.268 e. The van der Waals surface area contributed by atoms with Crippen molar-refractivity contribution < 1.29 is 4.42 Å². The summed E-state index contributed by atoms with van der Waals surface area (Å²) < 4.78 is 5.73. The number of benzene rings is 1. The van der Waals surface area contributed by atoms with Crippen molar-refractivity contribution in [1.29, 1.82) is 0 Å². The van der Waals surface area contributed by atoms with Crippen molar-refractivity contribution >= 4 is 0 Å². The SMILES string of the molecule is CCc1ncc(C)nc1-c1nnc(-c2ccccc2)o1. The molecular formula is C15H14N4O. The van der Waals surface area contributed by atoms with Gasteiger partial charge in [-0.25, -0.2) is 4.98 Å². The highest BCUT2D eigenvalue weighted by Gasteiger charge is 2.15. The molecule has 2 heterocycles. The van der Waals surface area contributed by atoms with Gasteiger partial charge in [0, 0.05) is 11.8 Å². The Morgan fingerprint density at radius 2 is 1.80 bits per heavy atom. The average molecular weight is 266 g/mol. The molecule has 0 spiro atoms. The lowest BCUT2D eigenvalue weighted by atomic mass is 10.2. The molecule has 3 rings (SSSR count). The van der Waals surface area contributed by atoms with Crippen LogP contribution in [-0.2, 0) is 6.42 Å². The first kappa shape index (κ1) is 12.5. The zero-order valence-electron chi connectivity index (χ0n) is 11.4. The predicted octanol–water partition coefficient (Wildman–Crippen LogP) is 3.06. The molecule has 0 aliphatic heterocycles. The van der Waals surface area contributed by atoms with Gasteiger partial charge in [-0.1, -0.05) is 25.1 Å². The van der Waals surface area contributed by atoms with Crippen LogP contribution in [0.25, 0.3) is 23.0 Å². The molecule has 20 heavy (non-hydrogen) atoms. The molecule has 0 aliphatic carbocycles. The maximum absolute atomic E-state index is 5.73. The predicted molar refractivity (Wildman–Crippen MR) is 74.9 cm³/mol. The Morgan fingerprint density at radius 1 is 1.05 bits per heavy atom. The summed E-state index contributed by atoms with van der Waals surface area (Å²) in [5, 5.41) is 8.18. The average Bonchev–Trinajstić information content (AvgIpc) is 2.98. The van der Waals surface area contributed by atoms with E-state index in [1.807, 2.05) is 44.2 Å². The van der Waals surface area contributed by atoms with Crippen molar-refractivity contribution in [3.05, 3.63) is 47.9 Å². The van der Waals surface area contributed by atoms with E-state index in [1.54, 1.807) is 6.20 Å². The Bertz CT molecular complexity index is 722. The molecule has 0 saturated heterocycles. The summed E-state index contributed by atoms with van der Waals surface area (Å²) in [7, 11) is 0. The minimum atomic E-state index is 0.414. The fourth-order valence-corrected chi connectivity index (χ4v) is 1.95. The van der Waals surface area contributed by atoms with Gasteiger partial charge in [0.15, 0.2) is 0 Å². The monoisotopic (exact) mass is 266 g/mol. The van der Waals surface area contributed by atoms with Crippen LogP contribution < -0.4 is 0 Å². The van der Waals surface area contributed by atoms with Crippen molar-refractivity contribution in [2.24, 2.45) is 0 Å². The summed E-state index contributed by atoms with van der Waals surface area (Å²) >= 11 is 0. The highest BCUT2D eigenvalue weighted by molar-refractivity contribution is 5.56. The fraction of sp³-hybridized carbons (Fsp3) is 0.200. The number of aryl methyl sites for hydroxylation is 2. The molecule has 100 valence electrons. The molecule has 0 aliphatic rings. The van der Waals surface area contributed by atoms with E-state index >= 15 is 0 Å². The van der Waals surface area contributed by atoms with Crippen LogP contribution in [0.3, 0.4) is 0 Å². The normalized spacial score (nSPS) is 10.7. The minimum absolute atomic E-state index is 0.414. The molecule has 0 unspecified atom stereocenters. The first-order chi connectivity index (χ1) is 9.78. The van der Waals surface area contributed by atoms with Gasteiger partial charge in [-0.15, -0.1) is 10.2 Å². The standard InChI is InChI=1S/C15H14N4O/c1-3-12-13(17-10(2)9-16-12)15-19-18-14(20-15)11-7-5-4-6-8-11/h4-9H,3H2,1-2H3. The zero-order chi connectivity index (χ0) is 13.9. The Hall–Kier alpha value is -2.56. The number of nitrogens with zero attached hydrogens (tertiary/aromatic N) is 4. The number of hydrogen-bond acceptors (Lipinski definition) is 5. The van der Waals surface area contributed by atoms with Crippen molar-refractivity contribution in [2.75, 3.05) is 0 Å². The van der Waals surface area contributed by atoms with Gasteiger partial charge >= 0.3 is 0 Å². The lowest BCUT2D eigenvalue weighted by molar-refractivity contribution is 0.580. The van der Waals surface area contributed by atoms with Crippen LogP contribution in [0.5, 0.6) is 0 Å². The van der Waals surface area contributed by atoms with E-state index in [9.17, 15) is 0 Å². The summed E-state index contributed by atoms with van der Waals surface area (Å²) in [5.41, 5.74) is 3.25. The largest absolute Gasteiger partial charge is 0.415 e. The lowest BCUT2D eigenvalue weighted by Gasteiger charge is -2.02. The van der Waals surface area contributed by atoms with Crippen LogP contribution in [0, 0.1) is 6.92 Å². The molecule has 0 bridgehead atoms. The van der Waals surface area contributed by atoms with Crippen molar-refractivity contribution in [3.63, 3.8) is 0 Å². The molecule has 0 N–H and O–H groups in total. The Labute approximate surface area is 116 Å². The van der Waals surface area contributed by atoms with Crippen LogP contribution in [0.15, 0.2) is 40.9 Å². The van der Waals surface area contributed by atoms with Gasteiger partial charge in [-0.2, -0.15) is 0 Å². The lowest BCUT2D eigenvalue weighted by Crippen LogP contribution is -1.97. The van der Waals surface area contributed by atoms with Gasteiger partial charge < -0.3 is 4.42 Å². The van der Waals surface area contributed by atoms with Gasteiger partial charge in [0.25, 0.3) is 5.89 Å². The Kier molecular flexibility index (Phi) is 3.25. The third kappa shape index (κ3) is 2.30. The van der Waals surface area contributed by atoms with Gasteiger partial charge in [-0.05, 0) is 25.5 Å². The summed E-state index contributed by atoms with van der Waals surface area (Å²) in [5.74, 6) is 0.905. The molecule has 0 amide bonds. The smallest absolute Gasteiger partial charge is 0.268 e. The van der Waals surface area contributed by atoms with Gasteiger partial charge in [0.2, 0.25) is 5.89 Å². The molecule has 3 aromatic rings. The minimum Gasteiger partial charge on any atom is -0.415 e. The third-order valence-electron chi connectivity index (χ3n) is 2.95. The zero-order valence-corrected chi connectivity index (χ0v) is 11.4. The first-order valence-corrected chi connectivity index (χ1v) is 6.49. The number of rotatable bonds is 3. The molecule has 2 aromatic heterocycles. The summed E-state index contributed by atoms with van der Waals surface area (Å²) in [4.78, 5) is 8.83. The maximum atomic E-state index is 5.73. The molecule has 0 radical (unpaired) electrons. The van der Waals surface area contributed by atoms with Gasteiger partial charge in [0.1, 0.15) is 5.69 Å². The fourth-order valence-electron chi connectivity index (χ4n) is 1.95. The van der Waals surface area contributed by atoms with Crippen LogP contribution in [0.1, 0.15) is 18.3 Å². The van der Waals surface area contributed by atoms with Gasteiger partial charge in [-0.3, -0.25) is 4.98 Å². The Balaban J connectivity index is 2.04. The molecular weight excluding hydrogens is 252 g/mol. The van der Waals surface area contributed by atoms with Crippen molar-refractivity contribution in [2.45, 2.75) is 20.3 Å². The molecule has 0 saturated carbocycles. The second-order valence-electron chi connectivity index (χ2n) is 4.44. The summed E-state index contributed by atoms with van der Waals surface area (Å²) in [6, 6.07) is 9.67. The van der Waals surface area contributed by atoms with Crippen LogP contribution in [0.2, 0.25) is 0 Å². The molecule has 1 aromatic carbocycles. The second-order valence-corrected chi connectivity index (χ2v) is 4.44. The third-order valence-corrected chi connectivity index (χ3v) is 2.95.